The number of carbonyl (C=O) groups is 1. The Morgan fingerprint density at radius 1 is 0.889 bits per heavy atom. The summed E-state index contributed by atoms with van der Waals surface area (Å²) in [6.45, 7) is 2.01. The van der Waals surface area contributed by atoms with E-state index in [2.05, 4.69) is 0 Å². The topological polar surface area (TPSA) is 52.6 Å². The molecule has 0 bridgehead atoms. The van der Waals surface area contributed by atoms with Crippen LogP contribution in [0.5, 0.6) is 5.75 Å². The molecule has 0 fully saturated rings. The first-order chi connectivity index (χ1) is 13.2. The lowest BCUT2D eigenvalue weighted by atomic mass is 10.1. The van der Waals surface area contributed by atoms with Crippen molar-refractivity contribution < 1.29 is 18.4 Å². The summed E-state index contributed by atoms with van der Waals surface area (Å²) in [4.78, 5) is 12.4. The van der Waals surface area contributed by atoms with Crippen molar-refractivity contribution in [3.8, 4) is 5.75 Å². The molecule has 27 heavy (non-hydrogen) atoms. The summed E-state index contributed by atoms with van der Waals surface area (Å²) in [6, 6.07) is 19.2. The molecule has 0 atom stereocenters. The highest BCUT2D eigenvalue weighted by molar-refractivity contribution is 6.05. The molecule has 0 saturated heterocycles. The summed E-state index contributed by atoms with van der Waals surface area (Å²) in [7, 11) is 0. The molecule has 5 rings (SSSR count). The van der Waals surface area contributed by atoms with E-state index in [1.54, 1.807) is 12.3 Å². The number of para-hydroxylation sites is 1. The molecule has 132 valence electrons. The van der Waals surface area contributed by atoms with Crippen molar-refractivity contribution in [3.05, 3.63) is 78.1 Å². The maximum Gasteiger partial charge on any atom is 0.315 e. The molecular weight excluding hydrogens is 340 g/mol. The Morgan fingerprint density at radius 2 is 1.74 bits per heavy atom. The van der Waals surface area contributed by atoms with Gasteiger partial charge in [0.05, 0.1) is 12.7 Å². The number of hydrogen-bond donors (Lipinski definition) is 0. The van der Waals surface area contributed by atoms with Crippen molar-refractivity contribution in [2.45, 2.75) is 13.3 Å². The molecule has 0 aliphatic heterocycles. The normalized spacial score (nSPS) is 11.4. The molecule has 0 saturated carbocycles. The number of fused-ring (bicyclic) bond motifs is 4. The molecule has 0 aliphatic rings. The van der Waals surface area contributed by atoms with Crippen molar-refractivity contribution >= 4 is 38.9 Å². The van der Waals surface area contributed by atoms with E-state index in [1.165, 1.54) is 0 Å². The first-order valence-corrected chi connectivity index (χ1v) is 8.76. The largest absolute Gasteiger partial charge is 0.464 e. The highest BCUT2D eigenvalue weighted by Gasteiger charge is 2.14. The molecule has 0 N–H and O–H groups in total. The number of benzene rings is 3. The van der Waals surface area contributed by atoms with Crippen molar-refractivity contribution in [1.29, 1.82) is 0 Å². The first-order valence-electron chi connectivity index (χ1n) is 8.76. The van der Waals surface area contributed by atoms with Crippen molar-refractivity contribution in [3.63, 3.8) is 0 Å². The van der Waals surface area contributed by atoms with Crippen LogP contribution in [0.1, 0.15) is 11.1 Å². The Bertz CT molecular complexity index is 1310. The van der Waals surface area contributed by atoms with Gasteiger partial charge in [-0.15, -0.1) is 0 Å². The quantitative estimate of drug-likeness (QED) is 0.303. The number of hydrogen-bond acceptors (Lipinski definition) is 4. The molecule has 0 spiro atoms. The number of rotatable bonds is 3. The van der Waals surface area contributed by atoms with Gasteiger partial charge in [0.2, 0.25) is 0 Å². The zero-order valence-electron chi connectivity index (χ0n) is 14.7. The minimum Gasteiger partial charge on any atom is -0.464 e. The second-order valence-corrected chi connectivity index (χ2v) is 6.67. The van der Waals surface area contributed by atoms with Crippen LogP contribution in [0.15, 0.2) is 75.8 Å². The van der Waals surface area contributed by atoms with E-state index in [9.17, 15) is 4.79 Å². The third kappa shape index (κ3) is 2.75. The van der Waals surface area contributed by atoms with Gasteiger partial charge in [-0.3, -0.25) is 4.79 Å². The maximum absolute atomic E-state index is 12.4. The zero-order chi connectivity index (χ0) is 18.4. The fraction of sp³-hybridized carbons (Fsp3) is 0.0870. The second kappa shape index (κ2) is 6.02. The van der Waals surface area contributed by atoms with Crippen LogP contribution in [0.25, 0.3) is 32.9 Å². The fourth-order valence-electron chi connectivity index (χ4n) is 3.42. The van der Waals surface area contributed by atoms with Crippen LogP contribution in [0, 0.1) is 6.92 Å². The van der Waals surface area contributed by atoms with E-state index in [0.29, 0.717) is 5.75 Å². The molecule has 5 aromatic rings. The average Bonchev–Trinajstić information content (AvgIpc) is 3.22. The van der Waals surface area contributed by atoms with Crippen molar-refractivity contribution in [2.24, 2.45) is 0 Å². The van der Waals surface area contributed by atoms with Gasteiger partial charge in [0, 0.05) is 21.7 Å². The van der Waals surface area contributed by atoms with Crippen LogP contribution in [0.2, 0.25) is 0 Å². The van der Waals surface area contributed by atoms with Crippen LogP contribution in [-0.4, -0.2) is 5.97 Å². The summed E-state index contributed by atoms with van der Waals surface area (Å²) >= 11 is 0. The third-order valence-corrected chi connectivity index (χ3v) is 4.73. The van der Waals surface area contributed by atoms with Crippen LogP contribution in [0.4, 0.5) is 0 Å². The lowest BCUT2D eigenvalue weighted by molar-refractivity contribution is -0.133. The van der Waals surface area contributed by atoms with Gasteiger partial charge in [0.25, 0.3) is 0 Å². The number of ether oxygens (including phenoxy) is 1. The molecule has 2 heterocycles. The number of aryl methyl sites for hydroxylation is 1. The first kappa shape index (κ1) is 15.7. The monoisotopic (exact) mass is 356 g/mol. The minimum absolute atomic E-state index is 0.153. The third-order valence-electron chi connectivity index (χ3n) is 4.73. The minimum atomic E-state index is -0.328. The van der Waals surface area contributed by atoms with E-state index in [0.717, 1.165) is 44.0 Å². The van der Waals surface area contributed by atoms with Crippen molar-refractivity contribution in [2.75, 3.05) is 0 Å². The average molecular weight is 356 g/mol. The molecular formula is C23H16O4. The second-order valence-electron chi connectivity index (χ2n) is 6.67. The van der Waals surface area contributed by atoms with Crippen LogP contribution in [0.3, 0.4) is 0 Å². The highest BCUT2D eigenvalue weighted by Crippen LogP contribution is 2.31. The number of esters is 1. The summed E-state index contributed by atoms with van der Waals surface area (Å²) in [5.74, 6) is 0.174. The molecule has 2 aromatic heterocycles. The molecule has 3 aromatic carbocycles. The van der Waals surface area contributed by atoms with Crippen LogP contribution < -0.4 is 4.74 Å². The van der Waals surface area contributed by atoms with Crippen LogP contribution >= 0.6 is 0 Å². The van der Waals surface area contributed by atoms with E-state index >= 15 is 0 Å². The molecule has 0 aliphatic carbocycles. The zero-order valence-corrected chi connectivity index (χ0v) is 14.7. The fourth-order valence-corrected chi connectivity index (χ4v) is 3.42. The molecule has 4 nitrogen and oxygen atoms in total. The number of carbonyl (C=O) groups excluding carboxylic acids is 1. The lowest BCUT2D eigenvalue weighted by Crippen LogP contribution is -2.10. The Balaban J connectivity index is 1.42. The Labute approximate surface area is 154 Å². The van der Waals surface area contributed by atoms with Gasteiger partial charge in [0.15, 0.2) is 0 Å². The predicted molar refractivity (Wildman–Crippen MR) is 104 cm³/mol. The lowest BCUT2D eigenvalue weighted by Gasteiger charge is -2.04. The summed E-state index contributed by atoms with van der Waals surface area (Å²) < 4.78 is 16.9. The Morgan fingerprint density at radius 3 is 2.67 bits per heavy atom. The van der Waals surface area contributed by atoms with E-state index < -0.39 is 0 Å². The predicted octanol–water partition coefficient (Wildman–Crippen LogP) is 5.79. The summed E-state index contributed by atoms with van der Waals surface area (Å²) in [5, 5.41) is 2.87. The van der Waals surface area contributed by atoms with E-state index in [4.69, 9.17) is 13.6 Å². The summed E-state index contributed by atoms with van der Waals surface area (Å²) in [5.41, 5.74) is 4.31. The van der Waals surface area contributed by atoms with Crippen molar-refractivity contribution in [1.82, 2.24) is 0 Å². The van der Waals surface area contributed by atoms with Crippen LogP contribution in [-0.2, 0) is 11.2 Å². The van der Waals surface area contributed by atoms with Gasteiger partial charge < -0.3 is 13.6 Å². The highest BCUT2D eigenvalue weighted by atomic mass is 16.5. The van der Waals surface area contributed by atoms with Gasteiger partial charge in [-0.05, 0) is 42.8 Å². The van der Waals surface area contributed by atoms with Gasteiger partial charge in [-0.1, -0.05) is 30.3 Å². The Hall–Kier alpha value is -3.53. The summed E-state index contributed by atoms with van der Waals surface area (Å²) in [6.07, 6.45) is 1.78. The Kier molecular flexibility index (Phi) is 3.50. The molecule has 0 radical (unpaired) electrons. The molecule has 4 heteroatoms. The standard InChI is InChI=1S/C23H16O4/c1-14-6-8-17-15(13-25-22(17)10-14)11-23(24)26-16-7-9-21-19(12-16)18-4-2-3-5-20(18)27-21/h2-10,12-13H,11H2,1H3. The number of furan rings is 2. The molecule has 0 amide bonds. The van der Waals surface area contributed by atoms with E-state index in [-0.39, 0.29) is 12.4 Å². The van der Waals surface area contributed by atoms with Gasteiger partial charge in [0.1, 0.15) is 22.5 Å². The van der Waals surface area contributed by atoms with E-state index in [1.807, 2.05) is 61.5 Å². The maximum atomic E-state index is 12.4. The van der Waals surface area contributed by atoms with Gasteiger partial charge >= 0.3 is 5.97 Å². The molecule has 0 unspecified atom stereocenters. The van der Waals surface area contributed by atoms with Gasteiger partial charge in [-0.25, -0.2) is 0 Å². The van der Waals surface area contributed by atoms with Gasteiger partial charge in [-0.2, -0.15) is 0 Å². The SMILES string of the molecule is Cc1ccc2c(CC(=O)Oc3ccc4oc5ccccc5c4c3)coc2c1. The smallest absolute Gasteiger partial charge is 0.315 e.